The van der Waals surface area contributed by atoms with Crippen molar-refractivity contribution in [3.05, 3.63) is 34.4 Å². The van der Waals surface area contributed by atoms with E-state index in [-0.39, 0.29) is 0 Å². The fourth-order valence-corrected chi connectivity index (χ4v) is 3.36. The summed E-state index contributed by atoms with van der Waals surface area (Å²) in [5.41, 5.74) is 5.79. The van der Waals surface area contributed by atoms with Crippen LogP contribution in [0.25, 0.3) is 0 Å². The average Bonchev–Trinajstić information content (AvgIpc) is 2.56. The summed E-state index contributed by atoms with van der Waals surface area (Å²) < 4.78 is 0. The highest BCUT2D eigenvalue weighted by Crippen LogP contribution is 2.21. The Balaban J connectivity index is 2.18. The SMILES string of the molecule is CCC1CN(Cc2c(C)cc(C)cc2C)C(C)CCN1. The fourth-order valence-electron chi connectivity index (χ4n) is 3.36. The van der Waals surface area contributed by atoms with Gasteiger partial charge in [0.15, 0.2) is 0 Å². The van der Waals surface area contributed by atoms with E-state index in [0.29, 0.717) is 12.1 Å². The maximum atomic E-state index is 3.67. The Morgan fingerprint density at radius 3 is 2.45 bits per heavy atom. The van der Waals surface area contributed by atoms with E-state index in [1.54, 1.807) is 0 Å². The predicted molar refractivity (Wildman–Crippen MR) is 87.2 cm³/mol. The molecular formula is C18H30N2. The van der Waals surface area contributed by atoms with Gasteiger partial charge in [0.25, 0.3) is 0 Å². The normalized spacial score (nSPS) is 24.6. The van der Waals surface area contributed by atoms with Gasteiger partial charge in [-0.15, -0.1) is 0 Å². The number of benzene rings is 1. The van der Waals surface area contributed by atoms with Gasteiger partial charge < -0.3 is 5.32 Å². The van der Waals surface area contributed by atoms with Gasteiger partial charge in [-0.1, -0.05) is 24.6 Å². The van der Waals surface area contributed by atoms with Gasteiger partial charge in [-0.05, 0) is 63.8 Å². The second kappa shape index (κ2) is 6.73. The van der Waals surface area contributed by atoms with Crippen molar-refractivity contribution in [3.8, 4) is 0 Å². The van der Waals surface area contributed by atoms with E-state index in [9.17, 15) is 0 Å². The Bertz CT molecular complexity index is 430. The molecule has 1 aromatic rings. The molecule has 2 unspecified atom stereocenters. The molecule has 0 bridgehead atoms. The number of nitrogens with zero attached hydrogens (tertiary/aromatic N) is 1. The van der Waals surface area contributed by atoms with E-state index < -0.39 is 0 Å². The Kier molecular flexibility index (Phi) is 5.22. The summed E-state index contributed by atoms with van der Waals surface area (Å²) in [7, 11) is 0. The van der Waals surface area contributed by atoms with Gasteiger partial charge in [0.05, 0.1) is 0 Å². The van der Waals surface area contributed by atoms with Crippen LogP contribution < -0.4 is 5.32 Å². The molecule has 0 saturated carbocycles. The van der Waals surface area contributed by atoms with Crippen LogP contribution in [0, 0.1) is 20.8 Å². The Morgan fingerprint density at radius 2 is 1.85 bits per heavy atom. The largest absolute Gasteiger partial charge is 0.313 e. The molecule has 0 amide bonds. The number of hydrogen-bond acceptors (Lipinski definition) is 2. The van der Waals surface area contributed by atoms with Crippen LogP contribution in [-0.4, -0.2) is 30.1 Å². The Labute approximate surface area is 124 Å². The molecular weight excluding hydrogens is 244 g/mol. The van der Waals surface area contributed by atoms with Gasteiger partial charge in [0, 0.05) is 25.2 Å². The number of nitrogens with one attached hydrogen (secondary N) is 1. The first-order valence-corrected chi connectivity index (χ1v) is 8.05. The van der Waals surface area contributed by atoms with Crippen LogP contribution in [0.3, 0.4) is 0 Å². The second-order valence-electron chi connectivity index (χ2n) is 6.50. The summed E-state index contributed by atoms with van der Waals surface area (Å²) in [6, 6.07) is 5.95. The van der Waals surface area contributed by atoms with Crippen molar-refractivity contribution in [2.24, 2.45) is 0 Å². The van der Waals surface area contributed by atoms with Gasteiger partial charge in [0.2, 0.25) is 0 Å². The monoisotopic (exact) mass is 274 g/mol. The third kappa shape index (κ3) is 3.62. The minimum atomic E-state index is 0.644. The van der Waals surface area contributed by atoms with Gasteiger partial charge in [-0.2, -0.15) is 0 Å². The number of aryl methyl sites for hydroxylation is 3. The van der Waals surface area contributed by atoms with E-state index in [0.717, 1.165) is 13.1 Å². The minimum Gasteiger partial charge on any atom is -0.313 e. The summed E-state index contributed by atoms with van der Waals surface area (Å²) >= 11 is 0. The molecule has 1 fully saturated rings. The zero-order valence-electron chi connectivity index (χ0n) is 13.8. The molecule has 1 aliphatic heterocycles. The standard InChI is InChI=1S/C18H30N2/c1-6-17-11-20(16(5)7-8-19-17)12-18-14(3)9-13(2)10-15(18)4/h9-10,16-17,19H,6-8,11-12H2,1-5H3. The molecule has 0 spiro atoms. The fraction of sp³-hybridized carbons (Fsp3) is 0.667. The van der Waals surface area contributed by atoms with Gasteiger partial charge in [-0.3, -0.25) is 4.90 Å². The van der Waals surface area contributed by atoms with Crippen LogP contribution in [0.2, 0.25) is 0 Å². The maximum absolute atomic E-state index is 3.67. The molecule has 112 valence electrons. The molecule has 0 radical (unpaired) electrons. The first-order chi connectivity index (χ1) is 9.51. The molecule has 0 aromatic heterocycles. The van der Waals surface area contributed by atoms with Crippen molar-refractivity contribution in [2.75, 3.05) is 13.1 Å². The van der Waals surface area contributed by atoms with Crippen molar-refractivity contribution in [3.63, 3.8) is 0 Å². The van der Waals surface area contributed by atoms with Crippen LogP contribution in [0.4, 0.5) is 0 Å². The second-order valence-corrected chi connectivity index (χ2v) is 6.50. The van der Waals surface area contributed by atoms with E-state index in [1.807, 2.05) is 0 Å². The summed E-state index contributed by atoms with van der Waals surface area (Å²) in [5, 5.41) is 3.67. The predicted octanol–water partition coefficient (Wildman–Crippen LogP) is 3.57. The molecule has 1 saturated heterocycles. The molecule has 2 atom stereocenters. The Hall–Kier alpha value is -0.860. The van der Waals surface area contributed by atoms with Gasteiger partial charge in [0.1, 0.15) is 0 Å². The quantitative estimate of drug-likeness (QED) is 0.906. The van der Waals surface area contributed by atoms with Gasteiger partial charge >= 0.3 is 0 Å². The molecule has 2 heteroatoms. The van der Waals surface area contributed by atoms with E-state index in [2.05, 4.69) is 57.0 Å². The molecule has 1 N–H and O–H groups in total. The highest BCUT2D eigenvalue weighted by molar-refractivity contribution is 5.37. The summed E-state index contributed by atoms with van der Waals surface area (Å²) in [5.74, 6) is 0. The highest BCUT2D eigenvalue weighted by atomic mass is 15.2. The van der Waals surface area contributed by atoms with Crippen LogP contribution in [0.1, 0.15) is 48.9 Å². The van der Waals surface area contributed by atoms with Crippen molar-refractivity contribution in [1.82, 2.24) is 10.2 Å². The van der Waals surface area contributed by atoms with Crippen molar-refractivity contribution >= 4 is 0 Å². The molecule has 1 aliphatic rings. The average molecular weight is 274 g/mol. The molecule has 1 aromatic carbocycles. The lowest BCUT2D eigenvalue weighted by molar-refractivity contribution is 0.194. The van der Waals surface area contributed by atoms with Crippen LogP contribution in [-0.2, 0) is 6.54 Å². The molecule has 2 nitrogen and oxygen atoms in total. The third-order valence-electron chi connectivity index (χ3n) is 4.77. The molecule has 0 aliphatic carbocycles. The number of hydrogen-bond donors (Lipinski definition) is 1. The lowest BCUT2D eigenvalue weighted by Gasteiger charge is -2.30. The van der Waals surface area contributed by atoms with Crippen molar-refractivity contribution < 1.29 is 0 Å². The highest BCUT2D eigenvalue weighted by Gasteiger charge is 2.22. The maximum Gasteiger partial charge on any atom is 0.0242 e. The first kappa shape index (κ1) is 15.5. The topological polar surface area (TPSA) is 15.3 Å². The molecule has 1 heterocycles. The summed E-state index contributed by atoms with van der Waals surface area (Å²) in [4.78, 5) is 2.67. The summed E-state index contributed by atoms with van der Waals surface area (Å²) in [6.07, 6.45) is 2.47. The van der Waals surface area contributed by atoms with Crippen LogP contribution in [0.5, 0.6) is 0 Å². The minimum absolute atomic E-state index is 0.644. The van der Waals surface area contributed by atoms with Crippen molar-refractivity contribution in [1.29, 1.82) is 0 Å². The zero-order chi connectivity index (χ0) is 14.7. The van der Waals surface area contributed by atoms with Gasteiger partial charge in [-0.25, -0.2) is 0 Å². The van der Waals surface area contributed by atoms with Crippen LogP contribution in [0.15, 0.2) is 12.1 Å². The zero-order valence-corrected chi connectivity index (χ0v) is 13.8. The van der Waals surface area contributed by atoms with E-state index >= 15 is 0 Å². The smallest absolute Gasteiger partial charge is 0.0242 e. The molecule has 20 heavy (non-hydrogen) atoms. The third-order valence-corrected chi connectivity index (χ3v) is 4.77. The summed E-state index contributed by atoms with van der Waals surface area (Å²) in [6.45, 7) is 14.8. The van der Waals surface area contributed by atoms with E-state index in [1.165, 1.54) is 41.6 Å². The lowest BCUT2D eigenvalue weighted by atomic mass is 9.98. The molecule has 2 rings (SSSR count). The van der Waals surface area contributed by atoms with E-state index in [4.69, 9.17) is 0 Å². The lowest BCUT2D eigenvalue weighted by Crippen LogP contribution is -2.39. The Morgan fingerprint density at radius 1 is 1.20 bits per heavy atom. The van der Waals surface area contributed by atoms with Crippen LogP contribution >= 0.6 is 0 Å². The van der Waals surface area contributed by atoms with Crippen molar-refractivity contribution in [2.45, 2.75) is 66.1 Å². The number of rotatable bonds is 3. The first-order valence-electron chi connectivity index (χ1n) is 8.05.